The van der Waals surface area contributed by atoms with Gasteiger partial charge < -0.3 is 15.1 Å². The van der Waals surface area contributed by atoms with Crippen LogP contribution in [0.4, 0.5) is 0 Å². The summed E-state index contributed by atoms with van der Waals surface area (Å²) in [6, 6.07) is 20.4. The number of carbonyl (C=O) groups is 3. The quantitative estimate of drug-likeness (QED) is 0.586. The number of hydrogen-bond acceptors (Lipinski definition) is 4. The molecule has 32 heavy (non-hydrogen) atoms. The molecular formula is C25H24N4O3. The molecule has 7 heteroatoms. The molecule has 1 fully saturated rings. The van der Waals surface area contributed by atoms with E-state index in [1.165, 1.54) is 0 Å². The number of carbonyl (C=O) groups excluding carboxylic acids is 3. The number of piperazine rings is 1. The number of hydrogen-bond donors (Lipinski definition) is 1. The normalized spacial score (nSPS) is 13.9. The predicted octanol–water partition coefficient (Wildman–Crippen LogP) is 2.38. The number of rotatable bonds is 7. The number of aromatic nitrogens is 1. The molecule has 1 aliphatic heterocycles. The van der Waals surface area contributed by atoms with E-state index >= 15 is 0 Å². The van der Waals surface area contributed by atoms with Crippen LogP contribution in [0, 0.1) is 0 Å². The molecule has 0 atom stereocenters. The monoisotopic (exact) mass is 428 g/mol. The zero-order valence-corrected chi connectivity index (χ0v) is 17.6. The zero-order valence-electron chi connectivity index (χ0n) is 17.6. The Morgan fingerprint density at radius 2 is 1.38 bits per heavy atom. The van der Waals surface area contributed by atoms with Crippen LogP contribution in [-0.2, 0) is 29.2 Å². The molecular weight excluding hydrogens is 404 g/mol. The molecule has 1 saturated heterocycles. The second-order valence-electron chi connectivity index (χ2n) is 7.68. The number of nitrogens with one attached hydrogen (secondary N) is 1. The molecule has 7 nitrogen and oxygen atoms in total. The highest BCUT2D eigenvalue weighted by Gasteiger charge is 2.32. The van der Waals surface area contributed by atoms with E-state index in [2.05, 4.69) is 10.3 Å². The lowest BCUT2D eigenvalue weighted by molar-refractivity contribution is -0.156. The molecule has 0 bridgehead atoms. The smallest absolute Gasteiger partial charge is 0.312 e. The van der Waals surface area contributed by atoms with Gasteiger partial charge in [-0.1, -0.05) is 48.5 Å². The molecule has 2 heterocycles. The molecule has 4 rings (SSSR count). The van der Waals surface area contributed by atoms with Gasteiger partial charge in [-0.15, -0.1) is 0 Å². The van der Waals surface area contributed by atoms with Gasteiger partial charge >= 0.3 is 11.8 Å². The Bertz CT molecular complexity index is 1090. The summed E-state index contributed by atoms with van der Waals surface area (Å²) in [4.78, 5) is 44.7. The maximum atomic E-state index is 12.6. The van der Waals surface area contributed by atoms with E-state index in [-0.39, 0.29) is 5.91 Å². The lowest BCUT2D eigenvalue weighted by Gasteiger charge is -2.33. The summed E-state index contributed by atoms with van der Waals surface area (Å²) < 4.78 is 0. The highest BCUT2D eigenvalue weighted by molar-refractivity contribution is 6.35. The van der Waals surface area contributed by atoms with Crippen molar-refractivity contribution in [2.45, 2.75) is 19.6 Å². The number of nitrogens with zero attached hydrogens (tertiary/aromatic N) is 3. The molecule has 1 aromatic heterocycles. The van der Waals surface area contributed by atoms with Crippen molar-refractivity contribution < 1.29 is 14.4 Å². The van der Waals surface area contributed by atoms with Crippen molar-refractivity contribution in [3.63, 3.8) is 0 Å². The number of amides is 3. The van der Waals surface area contributed by atoms with Gasteiger partial charge in [-0.3, -0.25) is 19.4 Å². The maximum Gasteiger partial charge on any atom is 0.312 e. The Morgan fingerprint density at radius 1 is 0.781 bits per heavy atom. The molecule has 0 aliphatic carbocycles. The van der Waals surface area contributed by atoms with Crippen molar-refractivity contribution in [3.05, 3.63) is 101 Å². The van der Waals surface area contributed by atoms with Crippen LogP contribution in [0.15, 0.2) is 79.1 Å². The van der Waals surface area contributed by atoms with Gasteiger partial charge in [0.25, 0.3) is 5.91 Å². The third-order valence-electron chi connectivity index (χ3n) is 5.38. The first-order valence-corrected chi connectivity index (χ1v) is 10.5. The number of benzene rings is 2. The Morgan fingerprint density at radius 3 is 1.97 bits per heavy atom. The number of pyridine rings is 1. The molecule has 1 N–H and O–H groups in total. The molecule has 0 spiro atoms. The minimum atomic E-state index is -0.495. The van der Waals surface area contributed by atoms with Gasteiger partial charge in [0.1, 0.15) is 0 Å². The highest BCUT2D eigenvalue weighted by atomic mass is 16.2. The Hall–Kier alpha value is -4.00. The Labute approximate surface area is 186 Å². The van der Waals surface area contributed by atoms with Crippen LogP contribution in [0.2, 0.25) is 0 Å². The van der Waals surface area contributed by atoms with E-state index in [9.17, 15) is 14.4 Å². The van der Waals surface area contributed by atoms with Gasteiger partial charge in [0.15, 0.2) is 0 Å². The first kappa shape index (κ1) is 21.2. The minimum Gasteiger partial charge on any atom is -0.348 e. The first-order valence-electron chi connectivity index (χ1n) is 10.5. The summed E-state index contributed by atoms with van der Waals surface area (Å²) in [6.45, 7) is 2.14. The summed E-state index contributed by atoms with van der Waals surface area (Å²) >= 11 is 0. The molecule has 0 saturated carbocycles. The second-order valence-corrected chi connectivity index (χ2v) is 7.68. The van der Waals surface area contributed by atoms with Crippen molar-refractivity contribution in [1.82, 2.24) is 20.1 Å². The molecule has 0 unspecified atom stereocenters. The lowest BCUT2D eigenvalue weighted by Crippen LogP contribution is -2.53. The van der Waals surface area contributed by atoms with Crippen LogP contribution >= 0.6 is 0 Å². The molecule has 1 aliphatic rings. The standard InChI is InChI=1S/C25H24N4O3/c30-23(27-16-21-7-4-12-26-15-21)22-10-8-20(9-11-22)18-29-14-13-28(24(31)25(29)32)17-19-5-2-1-3-6-19/h1-12,15H,13-14,16-18H2,(H,27,30). The van der Waals surface area contributed by atoms with Gasteiger partial charge in [-0.05, 0) is 34.9 Å². The summed E-state index contributed by atoms with van der Waals surface area (Å²) in [6.07, 6.45) is 3.40. The first-order chi connectivity index (χ1) is 15.6. The highest BCUT2D eigenvalue weighted by Crippen LogP contribution is 2.14. The molecule has 2 aromatic carbocycles. The van der Waals surface area contributed by atoms with Crippen LogP contribution in [0.1, 0.15) is 27.0 Å². The molecule has 3 aromatic rings. The fraction of sp³-hybridized carbons (Fsp3) is 0.200. The third kappa shape index (κ3) is 5.18. The van der Waals surface area contributed by atoms with Crippen LogP contribution in [-0.4, -0.2) is 45.6 Å². The fourth-order valence-electron chi connectivity index (χ4n) is 3.59. The van der Waals surface area contributed by atoms with Crippen molar-refractivity contribution in [2.75, 3.05) is 13.1 Å². The van der Waals surface area contributed by atoms with Crippen molar-refractivity contribution in [1.29, 1.82) is 0 Å². The zero-order chi connectivity index (χ0) is 22.3. The lowest BCUT2D eigenvalue weighted by atomic mass is 10.1. The second kappa shape index (κ2) is 9.87. The van der Waals surface area contributed by atoms with E-state index in [0.717, 1.165) is 16.7 Å². The Balaban J connectivity index is 1.31. The van der Waals surface area contributed by atoms with Gasteiger partial charge in [-0.2, -0.15) is 0 Å². The van der Waals surface area contributed by atoms with Crippen LogP contribution in [0.25, 0.3) is 0 Å². The molecule has 0 radical (unpaired) electrons. The minimum absolute atomic E-state index is 0.179. The SMILES string of the molecule is O=C(NCc1cccnc1)c1ccc(CN2CCN(Cc3ccccc3)C(=O)C2=O)cc1. The van der Waals surface area contributed by atoms with Gasteiger partial charge in [0.05, 0.1) is 0 Å². The van der Waals surface area contributed by atoms with Crippen molar-refractivity contribution in [2.24, 2.45) is 0 Å². The molecule has 162 valence electrons. The van der Waals surface area contributed by atoms with Crippen LogP contribution in [0.5, 0.6) is 0 Å². The fourth-order valence-corrected chi connectivity index (χ4v) is 3.59. The average Bonchev–Trinajstić information content (AvgIpc) is 2.84. The van der Waals surface area contributed by atoms with E-state index in [1.807, 2.05) is 54.6 Å². The van der Waals surface area contributed by atoms with Crippen molar-refractivity contribution in [3.8, 4) is 0 Å². The predicted molar refractivity (Wildman–Crippen MR) is 119 cm³/mol. The molecule has 3 amide bonds. The van der Waals surface area contributed by atoms with E-state index in [1.54, 1.807) is 34.3 Å². The van der Waals surface area contributed by atoms with Crippen molar-refractivity contribution >= 4 is 17.7 Å². The van der Waals surface area contributed by atoms with Gasteiger partial charge in [0, 0.05) is 50.7 Å². The van der Waals surface area contributed by atoms with E-state index < -0.39 is 11.8 Å². The largest absolute Gasteiger partial charge is 0.348 e. The summed E-state index contributed by atoms with van der Waals surface area (Å²) in [5.41, 5.74) is 3.32. The van der Waals surface area contributed by atoms with Crippen LogP contribution in [0.3, 0.4) is 0 Å². The summed E-state index contributed by atoms with van der Waals surface area (Å²) in [5.74, 6) is -1.15. The van der Waals surface area contributed by atoms with Gasteiger partial charge in [0.2, 0.25) is 0 Å². The van der Waals surface area contributed by atoms with E-state index in [4.69, 9.17) is 0 Å². The van der Waals surface area contributed by atoms with Crippen LogP contribution < -0.4 is 5.32 Å². The topological polar surface area (TPSA) is 82.6 Å². The summed E-state index contributed by atoms with van der Waals surface area (Å²) in [5, 5.41) is 2.86. The summed E-state index contributed by atoms with van der Waals surface area (Å²) in [7, 11) is 0. The average molecular weight is 428 g/mol. The Kier molecular flexibility index (Phi) is 6.55. The van der Waals surface area contributed by atoms with Gasteiger partial charge in [-0.25, -0.2) is 0 Å². The van der Waals surface area contributed by atoms with E-state index in [0.29, 0.717) is 38.3 Å². The third-order valence-corrected chi connectivity index (χ3v) is 5.38. The maximum absolute atomic E-state index is 12.6.